The lowest BCUT2D eigenvalue weighted by Crippen LogP contribution is -2.26. The molecule has 0 aromatic heterocycles. The molecule has 2 aromatic rings. The molecule has 40 heavy (non-hydrogen) atoms. The van der Waals surface area contributed by atoms with Crippen molar-refractivity contribution in [2.24, 2.45) is 10.8 Å². The van der Waals surface area contributed by atoms with E-state index >= 15 is 0 Å². The fourth-order valence-corrected chi connectivity index (χ4v) is 3.88. The highest BCUT2D eigenvalue weighted by atomic mass is 16.5. The lowest BCUT2D eigenvalue weighted by molar-refractivity contribution is -0.143. The Kier molecular flexibility index (Phi) is 11.1. The minimum atomic E-state index is -0.672. The molecule has 0 saturated heterocycles. The SMILES string of the molecule is CCCc1cc(C=C(OC)C(=O)c2ccc(OC(=O)C(C)(C)C)cc2)c(OC)c(CCC)c1OC(=O)C(C)(C)C. The van der Waals surface area contributed by atoms with Gasteiger partial charge in [0.15, 0.2) is 5.76 Å². The summed E-state index contributed by atoms with van der Waals surface area (Å²) in [5, 5.41) is 0. The molecule has 0 fully saturated rings. The van der Waals surface area contributed by atoms with Crippen LogP contribution >= 0.6 is 0 Å². The number of ether oxygens (including phenoxy) is 4. The first kappa shape index (κ1) is 32.6. The van der Waals surface area contributed by atoms with Crippen molar-refractivity contribution >= 4 is 23.8 Å². The third kappa shape index (κ3) is 8.20. The first-order valence-corrected chi connectivity index (χ1v) is 13.8. The lowest BCUT2D eigenvalue weighted by Gasteiger charge is -2.23. The highest BCUT2D eigenvalue weighted by Gasteiger charge is 2.28. The van der Waals surface area contributed by atoms with E-state index in [9.17, 15) is 14.4 Å². The quantitative estimate of drug-likeness (QED) is 0.0945. The Balaban J connectivity index is 2.57. The molecule has 0 heterocycles. The highest BCUT2D eigenvalue weighted by Crippen LogP contribution is 2.40. The van der Waals surface area contributed by atoms with Gasteiger partial charge in [-0.1, -0.05) is 26.7 Å². The smallest absolute Gasteiger partial charge is 0.316 e. The number of esters is 2. The van der Waals surface area contributed by atoms with Crippen molar-refractivity contribution in [3.63, 3.8) is 0 Å². The molecule has 0 radical (unpaired) electrons. The Bertz CT molecular complexity index is 1240. The Labute approximate surface area is 238 Å². The lowest BCUT2D eigenvalue weighted by atomic mass is 9.94. The van der Waals surface area contributed by atoms with E-state index < -0.39 is 10.8 Å². The van der Waals surface area contributed by atoms with Crippen molar-refractivity contribution in [1.29, 1.82) is 0 Å². The summed E-state index contributed by atoms with van der Waals surface area (Å²) in [7, 11) is 3.00. The van der Waals surface area contributed by atoms with Crippen LogP contribution in [-0.2, 0) is 27.2 Å². The number of Topliss-reactive ketones (excluding diaryl/α,β-unsaturated/α-hetero) is 1. The molecule has 7 heteroatoms. The summed E-state index contributed by atoms with van der Waals surface area (Å²) in [6.45, 7) is 14.9. The fourth-order valence-electron chi connectivity index (χ4n) is 3.88. The zero-order chi connectivity index (χ0) is 30.3. The largest absolute Gasteiger partial charge is 0.496 e. The van der Waals surface area contributed by atoms with E-state index in [4.69, 9.17) is 18.9 Å². The van der Waals surface area contributed by atoms with Crippen molar-refractivity contribution in [2.75, 3.05) is 14.2 Å². The molecule has 2 aromatic carbocycles. The molecule has 0 atom stereocenters. The zero-order valence-electron chi connectivity index (χ0n) is 25.7. The van der Waals surface area contributed by atoms with E-state index in [1.54, 1.807) is 58.2 Å². The molecule has 0 aliphatic rings. The van der Waals surface area contributed by atoms with E-state index in [0.29, 0.717) is 41.2 Å². The molecule has 0 aliphatic carbocycles. The molecule has 0 amide bonds. The second-order valence-corrected chi connectivity index (χ2v) is 11.8. The predicted octanol–water partition coefficient (Wildman–Crippen LogP) is 7.37. The molecule has 0 aliphatic heterocycles. The average molecular weight is 553 g/mol. The monoisotopic (exact) mass is 552 g/mol. The van der Waals surface area contributed by atoms with E-state index in [2.05, 4.69) is 6.92 Å². The summed E-state index contributed by atoms with van der Waals surface area (Å²) in [4.78, 5) is 38.5. The minimum absolute atomic E-state index is 0.113. The number of benzene rings is 2. The number of rotatable bonds is 11. The van der Waals surface area contributed by atoms with Gasteiger partial charge in [0.05, 0.1) is 25.0 Å². The van der Waals surface area contributed by atoms with Gasteiger partial charge >= 0.3 is 11.9 Å². The number of carbonyl (C=O) groups is 3. The van der Waals surface area contributed by atoms with Crippen LogP contribution in [0.3, 0.4) is 0 Å². The number of hydrogen-bond acceptors (Lipinski definition) is 7. The number of carbonyl (C=O) groups excluding carboxylic acids is 3. The van der Waals surface area contributed by atoms with Crippen LogP contribution in [0.15, 0.2) is 36.1 Å². The summed E-state index contributed by atoms with van der Waals surface area (Å²) < 4.78 is 22.8. The summed E-state index contributed by atoms with van der Waals surface area (Å²) in [6.07, 6.45) is 4.60. The third-order valence-electron chi connectivity index (χ3n) is 6.13. The normalized spacial score (nSPS) is 12.1. The predicted molar refractivity (Wildman–Crippen MR) is 157 cm³/mol. The molecule has 2 rings (SSSR count). The van der Waals surface area contributed by atoms with Crippen LogP contribution in [-0.4, -0.2) is 31.9 Å². The Morgan fingerprint density at radius 3 is 1.80 bits per heavy atom. The van der Waals surface area contributed by atoms with Crippen molar-refractivity contribution < 1.29 is 33.3 Å². The van der Waals surface area contributed by atoms with E-state index in [0.717, 1.165) is 24.0 Å². The fraction of sp³-hybridized carbons (Fsp3) is 0.485. The summed E-state index contributed by atoms with van der Waals surface area (Å²) in [6, 6.07) is 8.26. The van der Waals surface area contributed by atoms with Crippen LogP contribution in [0.4, 0.5) is 0 Å². The molecule has 0 saturated carbocycles. The molecular weight excluding hydrogens is 508 g/mol. The van der Waals surface area contributed by atoms with Crippen molar-refractivity contribution in [3.8, 4) is 17.2 Å². The van der Waals surface area contributed by atoms with Crippen LogP contribution in [0.1, 0.15) is 95.3 Å². The molecule has 0 spiro atoms. The number of methoxy groups -OCH3 is 2. The summed E-state index contributed by atoms with van der Waals surface area (Å²) >= 11 is 0. The van der Waals surface area contributed by atoms with Crippen molar-refractivity contribution in [2.45, 2.75) is 81.1 Å². The van der Waals surface area contributed by atoms with Crippen LogP contribution in [0, 0.1) is 10.8 Å². The van der Waals surface area contributed by atoms with Gasteiger partial charge in [-0.3, -0.25) is 14.4 Å². The van der Waals surface area contributed by atoms with Crippen LogP contribution in [0.25, 0.3) is 6.08 Å². The van der Waals surface area contributed by atoms with Crippen LogP contribution in [0.2, 0.25) is 0 Å². The first-order valence-electron chi connectivity index (χ1n) is 13.8. The van der Waals surface area contributed by atoms with Crippen molar-refractivity contribution in [3.05, 3.63) is 58.3 Å². The highest BCUT2D eigenvalue weighted by molar-refractivity contribution is 6.10. The number of aryl methyl sites for hydroxylation is 1. The minimum Gasteiger partial charge on any atom is -0.496 e. The van der Waals surface area contributed by atoms with Gasteiger partial charge in [0, 0.05) is 16.7 Å². The number of hydrogen-bond donors (Lipinski definition) is 0. The maximum Gasteiger partial charge on any atom is 0.316 e. The molecule has 7 nitrogen and oxygen atoms in total. The van der Waals surface area contributed by atoms with E-state index in [1.165, 1.54) is 7.11 Å². The van der Waals surface area contributed by atoms with Gasteiger partial charge in [0.1, 0.15) is 17.2 Å². The summed E-state index contributed by atoms with van der Waals surface area (Å²) in [5.74, 6) is 0.511. The standard InChI is InChI=1S/C33H44O7/c1-11-13-22-19-23(28(38-10)25(14-12-2)29(22)40-31(36)33(6,7)8)20-26(37-9)27(34)21-15-17-24(18-16-21)39-30(35)32(3,4)5/h15-20H,11-14H2,1-10H3. The Hall–Kier alpha value is -3.61. The molecule has 0 N–H and O–H groups in total. The van der Waals surface area contributed by atoms with Gasteiger partial charge in [0.25, 0.3) is 0 Å². The third-order valence-corrected chi connectivity index (χ3v) is 6.13. The zero-order valence-corrected chi connectivity index (χ0v) is 25.7. The molecule has 218 valence electrons. The number of ketones is 1. The van der Waals surface area contributed by atoms with Crippen molar-refractivity contribution in [1.82, 2.24) is 0 Å². The Morgan fingerprint density at radius 2 is 1.32 bits per heavy atom. The van der Waals surface area contributed by atoms with E-state index in [-0.39, 0.29) is 23.5 Å². The molecule has 0 unspecified atom stereocenters. The van der Waals surface area contributed by atoms with Gasteiger partial charge in [-0.05, 0) is 96.4 Å². The van der Waals surface area contributed by atoms with Crippen LogP contribution < -0.4 is 14.2 Å². The maximum absolute atomic E-state index is 13.4. The van der Waals surface area contributed by atoms with Gasteiger partial charge < -0.3 is 18.9 Å². The second-order valence-electron chi connectivity index (χ2n) is 11.8. The van der Waals surface area contributed by atoms with E-state index in [1.807, 2.05) is 33.8 Å². The van der Waals surface area contributed by atoms with Crippen LogP contribution in [0.5, 0.6) is 17.2 Å². The average Bonchev–Trinajstić information content (AvgIpc) is 2.88. The number of allylic oxidation sites excluding steroid dienone is 1. The van der Waals surface area contributed by atoms with Gasteiger partial charge in [-0.2, -0.15) is 0 Å². The molecular formula is C33H44O7. The van der Waals surface area contributed by atoms with Gasteiger partial charge in [-0.25, -0.2) is 0 Å². The maximum atomic E-state index is 13.4. The van der Waals surface area contributed by atoms with Gasteiger partial charge in [-0.15, -0.1) is 0 Å². The molecule has 0 bridgehead atoms. The summed E-state index contributed by atoms with van der Waals surface area (Å²) in [5.41, 5.74) is 1.37. The van der Waals surface area contributed by atoms with Gasteiger partial charge in [0.2, 0.25) is 5.78 Å². The topological polar surface area (TPSA) is 88.1 Å². The second kappa shape index (κ2) is 13.6. The Morgan fingerprint density at radius 1 is 0.775 bits per heavy atom. The first-order chi connectivity index (χ1) is 18.7.